The van der Waals surface area contributed by atoms with Crippen LogP contribution < -0.4 is 10.6 Å². The number of nitrogens with zero attached hydrogens (tertiary/aromatic N) is 2. The highest BCUT2D eigenvalue weighted by Crippen LogP contribution is 2.28. The van der Waals surface area contributed by atoms with Crippen molar-refractivity contribution in [2.24, 2.45) is 7.05 Å². The Kier molecular flexibility index (Phi) is 5.52. The number of fused-ring (bicyclic) bond motifs is 1. The van der Waals surface area contributed by atoms with Crippen LogP contribution in [0.4, 0.5) is 5.69 Å². The minimum atomic E-state index is -0.325. The number of rotatable bonds is 5. The molecule has 0 aliphatic rings. The van der Waals surface area contributed by atoms with E-state index in [0.29, 0.717) is 28.5 Å². The predicted molar refractivity (Wildman–Crippen MR) is 122 cm³/mol. The van der Waals surface area contributed by atoms with Gasteiger partial charge in [0.2, 0.25) is 0 Å². The highest BCUT2D eigenvalue weighted by Gasteiger charge is 2.21. The SMILES string of the molecule is Cc1nn(C)c(C)c1CNC(=O)c1[nH]c2ccccc2c1NC(=O)c1ccc(Cl)cc1. The van der Waals surface area contributed by atoms with E-state index in [0.717, 1.165) is 27.9 Å². The summed E-state index contributed by atoms with van der Waals surface area (Å²) in [5.74, 6) is -0.639. The zero-order chi connectivity index (χ0) is 22.1. The maximum Gasteiger partial charge on any atom is 0.270 e. The topological polar surface area (TPSA) is 91.8 Å². The van der Waals surface area contributed by atoms with Crippen LogP contribution >= 0.6 is 11.6 Å². The molecule has 0 bridgehead atoms. The molecule has 0 spiro atoms. The van der Waals surface area contributed by atoms with E-state index in [4.69, 9.17) is 11.6 Å². The molecule has 0 aliphatic carbocycles. The standard InChI is InChI=1S/C23H22ClN5O2/c1-13-18(14(2)29(3)28-13)12-25-23(31)21-20(17-6-4-5-7-19(17)26-21)27-22(30)15-8-10-16(24)11-9-15/h4-11,26H,12H2,1-3H3,(H,25,31)(H,27,30). The fraction of sp³-hybridized carbons (Fsp3) is 0.174. The van der Waals surface area contributed by atoms with Crippen molar-refractivity contribution in [2.45, 2.75) is 20.4 Å². The number of aryl methyl sites for hydroxylation is 2. The molecule has 8 heteroatoms. The molecule has 2 amide bonds. The molecule has 0 fully saturated rings. The van der Waals surface area contributed by atoms with Crippen molar-refractivity contribution in [1.29, 1.82) is 0 Å². The van der Waals surface area contributed by atoms with Crippen LogP contribution in [-0.2, 0) is 13.6 Å². The molecule has 7 nitrogen and oxygen atoms in total. The highest BCUT2D eigenvalue weighted by molar-refractivity contribution is 6.30. The molecule has 0 radical (unpaired) electrons. The molecule has 2 aromatic carbocycles. The number of nitrogens with one attached hydrogen (secondary N) is 3. The Morgan fingerprint density at radius 2 is 1.77 bits per heavy atom. The largest absolute Gasteiger partial charge is 0.349 e. The lowest BCUT2D eigenvalue weighted by molar-refractivity contribution is 0.0947. The fourth-order valence-corrected chi connectivity index (χ4v) is 3.69. The van der Waals surface area contributed by atoms with Gasteiger partial charge in [-0.3, -0.25) is 14.3 Å². The summed E-state index contributed by atoms with van der Waals surface area (Å²) in [5.41, 5.74) is 4.77. The van der Waals surface area contributed by atoms with Gasteiger partial charge in [-0.15, -0.1) is 0 Å². The normalized spacial score (nSPS) is 11.0. The van der Waals surface area contributed by atoms with E-state index in [9.17, 15) is 9.59 Å². The van der Waals surface area contributed by atoms with Crippen LogP contribution in [0.25, 0.3) is 10.9 Å². The maximum atomic E-state index is 13.1. The monoisotopic (exact) mass is 435 g/mol. The van der Waals surface area contributed by atoms with Crippen LogP contribution in [0, 0.1) is 13.8 Å². The Morgan fingerprint density at radius 1 is 1.06 bits per heavy atom. The van der Waals surface area contributed by atoms with Crippen LogP contribution in [0.3, 0.4) is 0 Å². The summed E-state index contributed by atoms with van der Waals surface area (Å²) >= 11 is 5.92. The van der Waals surface area contributed by atoms with Gasteiger partial charge in [-0.05, 0) is 44.2 Å². The van der Waals surface area contributed by atoms with Gasteiger partial charge in [0.05, 0.1) is 11.4 Å². The Bertz CT molecular complexity index is 1290. The number of halogens is 1. The summed E-state index contributed by atoms with van der Waals surface area (Å²) in [6.07, 6.45) is 0. The fourth-order valence-electron chi connectivity index (χ4n) is 3.56. The average molecular weight is 436 g/mol. The molecule has 4 aromatic rings. The zero-order valence-corrected chi connectivity index (χ0v) is 18.2. The molecule has 0 saturated carbocycles. The summed E-state index contributed by atoms with van der Waals surface area (Å²) in [4.78, 5) is 29.0. The van der Waals surface area contributed by atoms with Crippen LogP contribution in [0.15, 0.2) is 48.5 Å². The smallest absolute Gasteiger partial charge is 0.270 e. The third kappa shape index (κ3) is 4.04. The Balaban J connectivity index is 1.63. The minimum absolute atomic E-state index is 0.294. The number of amides is 2. The van der Waals surface area contributed by atoms with Gasteiger partial charge in [0.1, 0.15) is 5.69 Å². The number of hydrogen-bond donors (Lipinski definition) is 3. The second kappa shape index (κ2) is 8.28. The van der Waals surface area contributed by atoms with Crippen LogP contribution in [0.5, 0.6) is 0 Å². The molecule has 4 rings (SSSR count). The predicted octanol–water partition coefficient (Wildman–Crippen LogP) is 4.35. The number of aromatic nitrogens is 3. The highest BCUT2D eigenvalue weighted by atomic mass is 35.5. The maximum absolute atomic E-state index is 13.1. The summed E-state index contributed by atoms with van der Waals surface area (Å²) in [6.45, 7) is 4.21. The number of hydrogen-bond acceptors (Lipinski definition) is 3. The average Bonchev–Trinajstić information content (AvgIpc) is 3.23. The summed E-state index contributed by atoms with van der Waals surface area (Å²) in [5, 5.41) is 11.5. The van der Waals surface area contributed by atoms with Crippen molar-refractivity contribution >= 4 is 40.0 Å². The first-order chi connectivity index (χ1) is 14.8. The summed E-state index contributed by atoms with van der Waals surface area (Å²) in [6, 6.07) is 14.0. The quantitative estimate of drug-likeness (QED) is 0.435. The van der Waals surface area contributed by atoms with Gasteiger partial charge < -0.3 is 15.6 Å². The van der Waals surface area contributed by atoms with Crippen molar-refractivity contribution in [3.63, 3.8) is 0 Å². The van der Waals surface area contributed by atoms with Gasteiger partial charge in [0.15, 0.2) is 0 Å². The zero-order valence-electron chi connectivity index (χ0n) is 17.4. The molecule has 158 valence electrons. The second-order valence-electron chi connectivity index (χ2n) is 7.34. The molecule has 2 heterocycles. The van der Waals surface area contributed by atoms with Gasteiger partial charge in [-0.2, -0.15) is 5.10 Å². The summed E-state index contributed by atoms with van der Waals surface area (Å²) < 4.78 is 1.79. The molecule has 0 aliphatic heterocycles. The van der Waals surface area contributed by atoms with Crippen LogP contribution in [0.1, 0.15) is 37.8 Å². The van der Waals surface area contributed by atoms with Gasteiger partial charge in [0, 0.05) is 46.3 Å². The van der Waals surface area contributed by atoms with Gasteiger partial charge in [-0.25, -0.2) is 0 Å². The number of H-pyrrole nitrogens is 1. The van der Waals surface area contributed by atoms with E-state index in [2.05, 4.69) is 20.7 Å². The van der Waals surface area contributed by atoms with Gasteiger partial charge >= 0.3 is 0 Å². The van der Waals surface area contributed by atoms with E-state index in [1.54, 1.807) is 28.9 Å². The second-order valence-corrected chi connectivity index (χ2v) is 7.77. The molecule has 0 unspecified atom stereocenters. The lowest BCUT2D eigenvalue weighted by atomic mass is 10.1. The van der Waals surface area contributed by atoms with Crippen molar-refractivity contribution in [3.8, 4) is 0 Å². The lowest BCUT2D eigenvalue weighted by Crippen LogP contribution is -2.25. The minimum Gasteiger partial charge on any atom is -0.349 e. The number of para-hydroxylation sites is 1. The molecule has 2 aromatic heterocycles. The number of carbonyl (C=O) groups excluding carboxylic acids is 2. The first kappa shape index (κ1) is 20.7. The number of benzene rings is 2. The van der Waals surface area contributed by atoms with E-state index >= 15 is 0 Å². The number of aromatic amines is 1. The number of carbonyl (C=O) groups is 2. The molecule has 0 saturated heterocycles. The van der Waals surface area contributed by atoms with Gasteiger partial charge in [-0.1, -0.05) is 29.8 Å². The van der Waals surface area contributed by atoms with Crippen LogP contribution in [0.2, 0.25) is 5.02 Å². The third-order valence-electron chi connectivity index (χ3n) is 5.36. The van der Waals surface area contributed by atoms with E-state index in [1.807, 2.05) is 45.2 Å². The van der Waals surface area contributed by atoms with Crippen LogP contribution in [-0.4, -0.2) is 26.6 Å². The Labute approximate surface area is 184 Å². The first-order valence-electron chi connectivity index (χ1n) is 9.80. The third-order valence-corrected chi connectivity index (χ3v) is 5.61. The molecular formula is C23H22ClN5O2. The van der Waals surface area contributed by atoms with Gasteiger partial charge in [0.25, 0.3) is 11.8 Å². The Hall–Kier alpha value is -3.58. The lowest BCUT2D eigenvalue weighted by Gasteiger charge is -2.09. The molecule has 3 N–H and O–H groups in total. The molecule has 0 atom stereocenters. The Morgan fingerprint density at radius 3 is 2.45 bits per heavy atom. The molecule has 31 heavy (non-hydrogen) atoms. The van der Waals surface area contributed by atoms with Crippen molar-refractivity contribution in [3.05, 3.63) is 81.8 Å². The van der Waals surface area contributed by atoms with Crippen molar-refractivity contribution in [2.75, 3.05) is 5.32 Å². The number of anilines is 1. The molecular weight excluding hydrogens is 414 g/mol. The first-order valence-corrected chi connectivity index (χ1v) is 10.2. The van der Waals surface area contributed by atoms with Crippen molar-refractivity contribution in [1.82, 2.24) is 20.1 Å². The van der Waals surface area contributed by atoms with E-state index in [1.165, 1.54) is 0 Å². The van der Waals surface area contributed by atoms with E-state index in [-0.39, 0.29) is 11.8 Å². The van der Waals surface area contributed by atoms with Crippen molar-refractivity contribution < 1.29 is 9.59 Å². The summed E-state index contributed by atoms with van der Waals surface area (Å²) in [7, 11) is 1.87. The van der Waals surface area contributed by atoms with E-state index < -0.39 is 0 Å².